The molecular formula is C28H36O3. The van der Waals surface area contributed by atoms with Gasteiger partial charge in [-0.3, -0.25) is 4.79 Å². The smallest absolute Gasteiger partial charge is 0.141 e. The molecule has 0 heterocycles. The standard InChI is InChI=1S/C28H36O3/c1-21-14-15-24-27(2,26(21)29)17-16-25(31-19-23-12-8-5-9-13-23)28(24,3)20-30-18-22-10-6-4-7-11-22/h4-13,21,24-25H,14-20H2,1-3H3/t21?,24-,25+,27+,28+/m1/s1. The van der Waals surface area contributed by atoms with Crippen molar-refractivity contribution in [2.24, 2.45) is 22.7 Å². The van der Waals surface area contributed by atoms with Gasteiger partial charge in [0.15, 0.2) is 0 Å². The van der Waals surface area contributed by atoms with Gasteiger partial charge < -0.3 is 9.47 Å². The maximum absolute atomic E-state index is 13.3. The summed E-state index contributed by atoms with van der Waals surface area (Å²) in [6.45, 7) is 8.43. The van der Waals surface area contributed by atoms with E-state index >= 15 is 0 Å². The Balaban J connectivity index is 1.54. The average molecular weight is 421 g/mol. The minimum absolute atomic E-state index is 0.0859. The van der Waals surface area contributed by atoms with Crippen molar-refractivity contribution in [1.82, 2.24) is 0 Å². The lowest BCUT2D eigenvalue weighted by Crippen LogP contribution is -2.59. The number of rotatable bonds is 7. The van der Waals surface area contributed by atoms with Crippen LogP contribution in [0.4, 0.5) is 0 Å². The van der Waals surface area contributed by atoms with Crippen LogP contribution in [0.2, 0.25) is 0 Å². The summed E-state index contributed by atoms with van der Waals surface area (Å²) in [6.07, 6.45) is 3.94. The third-order valence-electron chi connectivity index (χ3n) is 7.94. The van der Waals surface area contributed by atoms with Crippen molar-refractivity contribution in [1.29, 1.82) is 0 Å². The Labute approximate surface area is 187 Å². The summed E-state index contributed by atoms with van der Waals surface area (Å²) in [5, 5.41) is 0. The van der Waals surface area contributed by atoms with E-state index in [-0.39, 0.29) is 28.8 Å². The van der Waals surface area contributed by atoms with Crippen LogP contribution in [-0.2, 0) is 27.5 Å². The zero-order valence-corrected chi connectivity index (χ0v) is 19.2. The number of fused-ring (bicyclic) bond motifs is 1. The molecule has 2 saturated carbocycles. The van der Waals surface area contributed by atoms with Crippen LogP contribution in [0.3, 0.4) is 0 Å². The topological polar surface area (TPSA) is 35.5 Å². The van der Waals surface area contributed by atoms with E-state index in [2.05, 4.69) is 57.2 Å². The molecule has 0 radical (unpaired) electrons. The number of ether oxygens (including phenoxy) is 2. The zero-order valence-electron chi connectivity index (χ0n) is 19.2. The molecule has 31 heavy (non-hydrogen) atoms. The van der Waals surface area contributed by atoms with Crippen LogP contribution < -0.4 is 0 Å². The molecule has 2 aromatic carbocycles. The van der Waals surface area contributed by atoms with Gasteiger partial charge in [0, 0.05) is 16.7 Å². The van der Waals surface area contributed by atoms with Crippen molar-refractivity contribution < 1.29 is 14.3 Å². The molecule has 2 aliphatic rings. The van der Waals surface area contributed by atoms with Gasteiger partial charge in [-0.25, -0.2) is 0 Å². The van der Waals surface area contributed by atoms with Crippen molar-refractivity contribution >= 4 is 5.78 Å². The second-order valence-electron chi connectivity index (χ2n) is 10.1. The monoisotopic (exact) mass is 420 g/mol. The number of carbonyl (C=O) groups excluding carboxylic acids is 1. The summed E-state index contributed by atoms with van der Waals surface area (Å²) in [4.78, 5) is 13.3. The minimum Gasteiger partial charge on any atom is -0.376 e. The average Bonchev–Trinajstić information content (AvgIpc) is 2.78. The molecule has 0 spiro atoms. The molecule has 2 fully saturated rings. The van der Waals surface area contributed by atoms with Crippen molar-refractivity contribution in [3.63, 3.8) is 0 Å². The lowest BCUT2D eigenvalue weighted by Gasteiger charge is -2.57. The first-order valence-corrected chi connectivity index (χ1v) is 11.7. The highest BCUT2D eigenvalue weighted by Crippen LogP contribution is 2.58. The lowest BCUT2D eigenvalue weighted by molar-refractivity contribution is -0.187. The second kappa shape index (κ2) is 9.26. The molecule has 4 rings (SSSR count). The highest BCUT2D eigenvalue weighted by atomic mass is 16.5. The third-order valence-corrected chi connectivity index (χ3v) is 7.94. The van der Waals surface area contributed by atoms with E-state index in [1.54, 1.807) is 0 Å². The van der Waals surface area contributed by atoms with Gasteiger partial charge in [0.05, 0.1) is 25.9 Å². The van der Waals surface area contributed by atoms with Crippen LogP contribution in [0.1, 0.15) is 57.6 Å². The van der Waals surface area contributed by atoms with Gasteiger partial charge in [-0.15, -0.1) is 0 Å². The van der Waals surface area contributed by atoms with Crippen LogP contribution in [0.25, 0.3) is 0 Å². The number of Topliss-reactive ketones (excluding diaryl/α,β-unsaturated/α-hetero) is 1. The van der Waals surface area contributed by atoms with Gasteiger partial charge in [-0.1, -0.05) is 81.4 Å². The normalized spacial score (nSPS) is 33.1. The summed E-state index contributed by atoms with van der Waals surface area (Å²) in [5.74, 6) is 0.895. The molecule has 166 valence electrons. The number of hydrogen-bond acceptors (Lipinski definition) is 3. The van der Waals surface area contributed by atoms with Gasteiger partial charge >= 0.3 is 0 Å². The molecule has 0 aromatic heterocycles. The molecule has 0 N–H and O–H groups in total. The molecule has 0 aliphatic heterocycles. The lowest BCUT2D eigenvalue weighted by atomic mass is 9.48. The number of ketones is 1. The van der Waals surface area contributed by atoms with Gasteiger partial charge in [0.2, 0.25) is 0 Å². The van der Waals surface area contributed by atoms with E-state index in [1.807, 2.05) is 24.3 Å². The largest absolute Gasteiger partial charge is 0.376 e. The predicted octanol–water partition coefficient (Wildman–Crippen LogP) is 6.21. The number of benzene rings is 2. The van der Waals surface area contributed by atoms with E-state index in [0.717, 1.165) is 25.7 Å². The Morgan fingerprint density at radius 3 is 2.13 bits per heavy atom. The van der Waals surface area contributed by atoms with E-state index in [9.17, 15) is 4.79 Å². The summed E-state index contributed by atoms with van der Waals surface area (Å²) >= 11 is 0. The summed E-state index contributed by atoms with van der Waals surface area (Å²) < 4.78 is 12.9. The van der Waals surface area contributed by atoms with E-state index in [0.29, 0.717) is 25.6 Å². The van der Waals surface area contributed by atoms with Gasteiger partial charge in [0.25, 0.3) is 0 Å². The summed E-state index contributed by atoms with van der Waals surface area (Å²) in [7, 11) is 0. The van der Waals surface area contributed by atoms with Crippen LogP contribution in [0.5, 0.6) is 0 Å². The van der Waals surface area contributed by atoms with E-state index in [4.69, 9.17) is 9.47 Å². The van der Waals surface area contributed by atoms with Crippen molar-refractivity contribution in [2.45, 2.75) is 65.8 Å². The van der Waals surface area contributed by atoms with Gasteiger partial charge in [0.1, 0.15) is 5.78 Å². The van der Waals surface area contributed by atoms with Gasteiger partial charge in [-0.2, -0.15) is 0 Å². The van der Waals surface area contributed by atoms with Crippen molar-refractivity contribution in [3.05, 3.63) is 71.8 Å². The Morgan fingerprint density at radius 2 is 1.48 bits per heavy atom. The Hall–Kier alpha value is -1.97. The predicted molar refractivity (Wildman–Crippen MR) is 123 cm³/mol. The highest BCUT2D eigenvalue weighted by molar-refractivity contribution is 5.87. The molecule has 2 aliphatic carbocycles. The fourth-order valence-electron chi connectivity index (χ4n) is 6.14. The Kier molecular flexibility index (Phi) is 6.64. The van der Waals surface area contributed by atoms with Crippen LogP contribution in [0, 0.1) is 22.7 Å². The van der Waals surface area contributed by atoms with Crippen LogP contribution in [-0.4, -0.2) is 18.5 Å². The third kappa shape index (κ3) is 4.49. The first-order valence-electron chi connectivity index (χ1n) is 11.7. The van der Waals surface area contributed by atoms with Crippen molar-refractivity contribution in [2.75, 3.05) is 6.61 Å². The summed E-state index contributed by atoms with van der Waals surface area (Å²) in [6, 6.07) is 20.7. The first kappa shape index (κ1) is 22.2. The molecule has 0 amide bonds. The molecule has 1 unspecified atom stereocenters. The van der Waals surface area contributed by atoms with Crippen molar-refractivity contribution in [3.8, 4) is 0 Å². The maximum atomic E-state index is 13.3. The molecule has 0 saturated heterocycles. The second-order valence-corrected chi connectivity index (χ2v) is 10.1. The quantitative estimate of drug-likeness (QED) is 0.534. The van der Waals surface area contributed by atoms with Crippen LogP contribution in [0.15, 0.2) is 60.7 Å². The zero-order chi connectivity index (χ0) is 21.9. The Bertz CT molecular complexity index is 864. The van der Waals surface area contributed by atoms with E-state index < -0.39 is 0 Å². The fraction of sp³-hybridized carbons (Fsp3) is 0.536. The van der Waals surface area contributed by atoms with Crippen LogP contribution >= 0.6 is 0 Å². The highest BCUT2D eigenvalue weighted by Gasteiger charge is 2.59. The molecule has 2 aromatic rings. The minimum atomic E-state index is -0.269. The fourth-order valence-corrected chi connectivity index (χ4v) is 6.14. The SMILES string of the molecule is CC1CC[C@H]2[C@](C)(COCc3ccccc3)[C@@H](OCc3ccccc3)CC[C@]2(C)C1=O. The molecule has 3 heteroatoms. The number of carbonyl (C=O) groups is 1. The number of hydrogen-bond donors (Lipinski definition) is 0. The molecule has 3 nitrogen and oxygen atoms in total. The first-order chi connectivity index (χ1) is 14.9. The van der Waals surface area contributed by atoms with Gasteiger partial charge in [-0.05, 0) is 42.7 Å². The molecular weight excluding hydrogens is 384 g/mol. The summed E-state index contributed by atoms with van der Waals surface area (Å²) in [5.41, 5.74) is 1.91. The molecule has 0 bridgehead atoms. The Morgan fingerprint density at radius 1 is 0.871 bits per heavy atom. The molecule has 5 atom stereocenters. The maximum Gasteiger partial charge on any atom is 0.141 e. The van der Waals surface area contributed by atoms with E-state index in [1.165, 1.54) is 11.1 Å².